The summed E-state index contributed by atoms with van der Waals surface area (Å²) in [6.07, 6.45) is 3.00. The minimum Gasteiger partial charge on any atom is -0.366 e. The Hall–Kier alpha value is -0.540. The van der Waals surface area contributed by atoms with Crippen LogP contribution in [0.2, 0.25) is 0 Å². The molecule has 0 aromatic rings. The number of primary amides is 1. The lowest BCUT2D eigenvalue weighted by molar-refractivity contribution is -0.113. The van der Waals surface area contributed by atoms with Gasteiger partial charge >= 0.3 is 0 Å². The smallest absolute Gasteiger partial charge is 0.241 e. The van der Waals surface area contributed by atoms with Gasteiger partial charge in [-0.25, -0.2) is 0 Å². The van der Waals surface area contributed by atoms with Gasteiger partial charge in [-0.3, -0.25) is 4.79 Å². The van der Waals surface area contributed by atoms with Crippen LogP contribution in [-0.2, 0) is 4.79 Å². The molecule has 0 aliphatic rings. The number of carbonyl (C=O) groups is 1. The van der Waals surface area contributed by atoms with Gasteiger partial charge in [0.25, 0.3) is 0 Å². The van der Waals surface area contributed by atoms with E-state index in [0.717, 1.165) is 0 Å². The third-order valence-corrected chi connectivity index (χ3v) is 0.604. The Balaban J connectivity index is 0. The number of halogens is 1. The molecule has 3 N–H and O–H groups in total. The zero-order chi connectivity index (χ0) is 6.41. The van der Waals surface area contributed by atoms with Gasteiger partial charge in [0, 0.05) is 6.54 Å². The lowest BCUT2D eigenvalue weighted by Gasteiger charge is -1.84. The van der Waals surface area contributed by atoms with E-state index in [4.69, 9.17) is 5.73 Å². The Morgan fingerprint density at radius 3 is 2.67 bits per heavy atom. The number of nitrogens with two attached hydrogens (primary N) is 1. The first-order valence-electron chi connectivity index (χ1n) is 2.38. The first-order valence-corrected chi connectivity index (χ1v) is 2.38. The van der Waals surface area contributed by atoms with E-state index in [2.05, 4.69) is 5.32 Å². The van der Waals surface area contributed by atoms with Crippen LogP contribution in [0.3, 0.4) is 0 Å². The summed E-state index contributed by atoms with van der Waals surface area (Å²) in [7, 11) is 1.80. The fourth-order valence-corrected chi connectivity index (χ4v) is 0.293. The molecule has 0 heterocycles. The molecule has 54 valence electrons. The third kappa shape index (κ3) is 11.2. The normalized spacial score (nSPS) is 9.00. The Bertz CT molecular complexity index is 103. The van der Waals surface area contributed by atoms with Crippen LogP contribution >= 0.6 is 12.4 Å². The largest absolute Gasteiger partial charge is 0.366 e. The van der Waals surface area contributed by atoms with E-state index >= 15 is 0 Å². The molecule has 0 atom stereocenters. The molecule has 9 heavy (non-hydrogen) atoms. The van der Waals surface area contributed by atoms with Gasteiger partial charge in [0.2, 0.25) is 5.91 Å². The van der Waals surface area contributed by atoms with Crippen LogP contribution in [0.4, 0.5) is 0 Å². The zero-order valence-electron chi connectivity index (χ0n) is 5.26. The molecule has 4 heteroatoms. The van der Waals surface area contributed by atoms with E-state index < -0.39 is 5.91 Å². The summed E-state index contributed by atoms with van der Waals surface area (Å²) in [5.41, 5.74) is 4.78. The second kappa shape index (κ2) is 7.46. The number of rotatable bonds is 3. The number of carbonyl (C=O) groups excluding carboxylic acids is 1. The summed E-state index contributed by atoms with van der Waals surface area (Å²) in [5.74, 6) is -0.403. The topological polar surface area (TPSA) is 55.1 Å². The van der Waals surface area contributed by atoms with Crippen molar-refractivity contribution >= 4 is 18.3 Å². The van der Waals surface area contributed by atoms with Crippen molar-refractivity contribution in [2.24, 2.45) is 5.73 Å². The van der Waals surface area contributed by atoms with Crippen LogP contribution in [0.5, 0.6) is 0 Å². The molecule has 0 saturated heterocycles. The van der Waals surface area contributed by atoms with Gasteiger partial charge in [0.1, 0.15) is 0 Å². The Labute approximate surface area is 60.7 Å². The molecule has 3 nitrogen and oxygen atoms in total. The maximum Gasteiger partial charge on any atom is 0.241 e. The van der Waals surface area contributed by atoms with Crippen molar-refractivity contribution in [1.82, 2.24) is 5.32 Å². The van der Waals surface area contributed by atoms with Crippen molar-refractivity contribution < 1.29 is 4.79 Å². The first kappa shape index (κ1) is 11.3. The third-order valence-electron chi connectivity index (χ3n) is 0.604. The van der Waals surface area contributed by atoms with Crippen molar-refractivity contribution in [2.45, 2.75) is 0 Å². The fourth-order valence-electron chi connectivity index (χ4n) is 0.293. The van der Waals surface area contributed by atoms with Crippen LogP contribution in [0.15, 0.2) is 12.2 Å². The molecule has 0 fully saturated rings. The highest BCUT2D eigenvalue weighted by Gasteiger charge is 1.77. The van der Waals surface area contributed by atoms with Crippen molar-refractivity contribution in [3.05, 3.63) is 12.2 Å². The number of nitrogens with one attached hydrogen (secondary N) is 1. The molecule has 0 unspecified atom stereocenters. The molecule has 0 aliphatic carbocycles. The molecule has 0 bridgehead atoms. The molecule has 1 amide bonds. The molecule has 0 aliphatic heterocycles. The predicted octanol–water partition coefficient (Wildman–Crippen LogP) is -0.331. The van der Waals surface area contributed by atoms with Crippen LogP contribution < -0.4 is 11.1 Å². The Morgan fingerprint density at radius 2 is 2.33 bits per heavy atom. The summed E-state index contributed by atoms with van der Waals surface area (Å²) in [4.78, 5) is 9.98. The Kier molecular flexibility index (Phi) is 9.35. The molecular formula is C5H11ClN2O. The molecule has 0 saturated carbocycles. The van der Waals surface area contributed by atoms with E-state index in [9.17, 15) is 4.79 Å². The number of amides is 1. The van der Waals surface area contributed by atoms with Crippen molar-refractivity contribution in [2.75, 3.05) is 13.6 Å². The van der Waals surface area contributed by atoms with E-state index in [1.54, 1.807) is 13.1 Å². The Morgan fingerprint density at radius 1 is 1.78 bits per heavy atom. The van der Waals surface area contributed by atoms with Crippen LogP contribution in [-0.4, -0.2) is 19.5 Å². The molecule has 0 radical (unpaired) electrons. The standard InChI is InChI=1S/C5H10N2O.ClH/c1-7-4-2-3-5(6)8;/h2-3,7H,4H2,1H3,(H2,6,8);1H/b3-2+;. The monoisotopic (exact) mass is 150 g/mol. The second-order valence-electron chi connectivity index (χ2n) is 1.36. The van der Waals surface area contributed by atoms with Gasteiger partial charge in [-0.05, 0) is 13.1 Å². The highest BCUT2D eigenvalue weighted by molar-refractivity contribution is 5.85. The van der Waals surface area contributed by atoms with Crippen LogP contribution in [0, 0.1) is 0 Å². The average molecular weight is 151 g/mol. The highest BCUT2D eigenvalue weighted by Crippen LogP contribution is 1.65. The van der Waals surface area contributed by atoms with Crippen molar-refractivity contribution in [3.63, 3.8) is 0 Å². The van der Waals surface area contributed by atoms with Gasteiger partial charge in [-0.15, -0.1) is 12.4 Å². The van der Waals surface area contributed by atoms with Crippen LogP contribution in [0.1, 0.15) is 0 Å². The van der Waals surface area contributed by atoms with E-state index in [-0.39, 0.29) is 12.4 Å². The molecule has 0 aromatic carbocycles. The van der Waals surface area contributed by atoms with E-state index in [1.807, 2.05) is 0 Å². The van der Waals surface area contributed by atoms with Crippen LogP contribution in [0.25, 0.3) is 0 Å². The maximum absolute atomic E-state index is 9.98. The second-order valence-corrected chi connectivity index (χ2v) is 1.36. The molecule has 0 spiro atoms. The van der Waals surface area contributed by atoms with Gasteiger partial charge in [-0.1, -0.05) is 6.08 Å². The SMILES string of the molecule is CNC/C=C/C(N)=O.Cl. The highest BCUT2D eigenvalue weighted by atomic mass is 35.5. The van der Waals surface area contributed by atoms with Crippen molar-refractivity contribution in [3.8, 4) is 0 Å². The number of hydrogen-bond acceptors (Lipinski definition) is 2. The zero-order valence-corrected chi connectivity index (χ0v) is 6.07. The summed E-state index contributed by atoms with van der Waals surface area (Å²) in [6.45, 7) is 0.683. The summed E-state index contributed by atoms with van der Waals surface area (Å²) >= 11 is 0. The van der Waals surface area contributed by atoms with E-state index in [0.29, 0.717) is 6.54 Å². The first-order chi connectivity index (χ1) is 3.77. The quantitative estimate of drug-likeness (QED) is 0.542. The number of likely N-dealkylation sites (N-methyl/N-ethyl adjacent to an activating group) is 1. The van der Waals surface area contributed by atoms with Gasteiger partial charge in [0.05, 0.1) is 0 Å². The van der Waals surface area contributed by atoms with E-state index in [1.165, 1.54) is 6.08 Å². The number of hydrogen-bond donors (Lipinski definition) is 2. The summed E-state index contributed by atoms with van der Waals surface area (Å²) in [5, 5.41) is 2.83. The molecule has 0 aromatic heterocycles. The average Bonchev–Trinajstić information content (AvgIpc) is 1.66. The minimum atomic E-state index is -0.403. The lowest BCUT2D eigenvalue weighted by atomic mass is 10.5. The van der Waals surface area contributed by atoms with Crippen molar-refractivity contribution in [1.29, 1.82) is 0 Å². The summed E-state index contributed by atoms with van der Waals surface area (Å²) < 4.78 is 0. The fraction of sp³-hybridized carbons (Fsp3) is 0.400. The van der Waals surface area contributed by atoms with Gasteiger partial charge in [0.15, 0.2) is 0 Å². The minimum absolute atomic E-state index is 0. The maximum atomic E-state index is 9.98. The summed E-state index contributed by atoms with van der Waals surface area (Å²) in [6, 6.07) is 0. The van der Waals surface area contributed by atoms with Gasteiger partial charge < -0.3 is 11.1 Å². The molecular weight excluding hydrogens is 140 g/mol. The molecule has 0 rings (SSSR count). The lowest BCUT2D eigenvalue weighted by Crippen LogP contribution is -2.09. The van der Waals surface area contributed by atoms with Gasteiger partial charge in [-0.2, -0.15) is 0 Å². The predicted molar refractivity (Wildman–Crippen MR) is 39.5 cm³/mol.